The highest BCUT2D eigenvalue weighted by atomic mass is 32.1. The van der Waals surface area contributed by atoms with Crippen molar-refractivity contribution < 1.29 is 9.21 Å². The van der Waals surface area contributed by atoms with Crippen molar-refractivity contribution in [2.75, 3.05) is 5.32 Å². The molecule has 1 aromatic carbocycles. The number of nitrogens with one attached hydrogen (secondary N) is 2. The van der Waals surface area contributed by atoms with Crippen molar-refractivity contribution >= 4 is 35.0 Å². The minimum Gasteiger partial charge on any atom is -0.465 e. The third-order valence-corrected chi connectivity index (χ3v) is 3.74. The second-order valence-corrected chi connectivity index (χ2v) is 5.60. The molecule has 1 heterocycles. The van der Waals surface area contributed by atoms with Crippen molar-refractivity contribution in [2.24, 2.45) is 0 Å². The predicted octanol–water partition coefficient (Wildman–Crippen LogP) is 4.32. The Morgan fingerprint density at radius 1 is 1.30 bits per heavy atom. The number of furan rings is 1. The van der Waals surface area contributed by atoms with Gasteiger partial charge in [-0.15, -0.1) is 0 Å². The van der Waals surface area contributed by atoms with Crippen LogP contribution in [0.4, 0.5) is 5.69 Å². The molecule has 1 aromatic heterocycles. The van der Waals surface area contributed by atoms with E-state index in [2.05, 4.69) is 30.5 Å². The third kappa shape index (κ3) is 5.07. The number of amides is 1. The van der Waals surface area contributed by atoms with Gasteiger partial charge in [-0.25, -0.2) is 0 Å². The third-order valence-electron chi connectivity index (χ3n) is 3.53. The van der Waals surface area contributed by atoms with E-state index in [1.54, 1.807) is 24.5 Å². The summed E-state index contributed by atoms with van der Waals surface area (Å²) in [7, 11) is 0. The monoisotopic (exact) mass is 328 g/mol. The summed E-state index contributed by atoms with van der Waals surface area (Å²) in [5.74, 6) is 0.720. The lowest BCUT2D eigenvalue weighted by atomic mass is 9.97. The highest BCUT2D eigenvalue weighted by Gasteiger charge is 2.10. The van der Waals surface area contributed by atoms with Crippen LogP contribution in [0.5, 0.6) is 0 Å². The van der Waals surface area contributed by atoms with E-state index in [1.165, 1.54) is 11.6 Å². The molecular weight excluding hydrogens is 308 g/mol. The standard InChI is InChI=1S/C18H20N2O2S/c1-3-13(2)15-8-4-5-9-16(15)19-18(23)20-17(21)11-10-14-7-6-12-22-14/h4-13H,3H2,1-2H3,(H2,19,20,21,23). The first kappa shape index (κ1) is 17.0. The second-order valence-electron chi connectivity index (χ2n) is 5.19. The van der Waals surface area contributed by atoms with E-state index in [-0.39, 0.29) is 11.0 Å². The highest BCUT2D eigenvalue weighted by Crippen LogP contribution is 2.26. The van der Waals surface area contributed by atoms with E-state index in [4.69, 9.17) is 16.6 Å². The van der Waals surface area contributed by atoms with Crippen molar-refractivity contribution in [3.63, 3.8) is 0 Å². The minimum atomic E-state index is -0.306. The number of rotatable bonds is 5. The van der Waals surface area contributed by atoms with Crippen molar-refractivity contribution in [1.29, 1.82) is 0 Å². The van der Waals surface area contributed by atoms with Crippen LogP contribution < -0.4 is 10.6 Å². The summed E-state index contributed by atoms with van der Waals surface area (Å²) >= 11 is 5.21. The van der Waals surface area contributed by atoms with Crippen molar-refractivity contribution in [1.82, 2.24) is 5.32 Å². The van der Waals surface area contributed by atoms with E-state index in [1.807, 2.05) is 18.2 Å². The van der Waals surface area contributed by atoms with Gasteiger partial charge < -0.3 is 9.73 Å². The van der Waals surface area contributed by atoms with Crippen molar-refractivity contribution in [3.05, 3.63) is 60.1 Å². The lowest BCUT2D eigenvalue weighted by molar-refractivity contribution is -0.115. The fourth-order valence-electron chi connectivity index (χ4n) is 2.11. The first-order chi connectivity index (χ1) is 11.1. The molecule has 4 nitrogen and oxygen atoms in total. The molecule has 1 atom stereocenters. The molecule has 0 radical (unpaired) electrons. The van der Waals surface area contributed by atoms with Crippen LogP contribution in [0.25, 0.3) is 6.08 Å². The molecule has 120 valence electrons. The van der Waals surface area contributed by atoms with Crippen LogP contribution in [0.3, 0.4) is 0 Å². The van der Waals surface area contributed by atoms with E-state index < -0.39 is 0 Å². The van der Waals surface area contributed by atoms with Gasteiger partial charge in [0.25, 0.3) is 0 Å². The Bertz CT molecular complexity index is 693. The Balaban J connectivity index is 1.96. The largest absolute Gasteiger partial charge is 0.465 e. The summed E-state index contributed by atoms with van der Waals surface area (Å²) in [6, 6.07) is 11.5. The fraction of sp³-hybridized carbons (Fsp3) is 0.222. The van der Waals surface area contributed by atoms with Crippen molar-refractivity contribution in [3.8, 4) is 0 Å². The zero-order valence-electron chi connectivity index (χ0n) is 13.2. The van der Waals surface area contributed by atoms with Gasteiger partial charge in [0.05, 0.1) is 6.26 Å². The Labute approximate surface area is 141 Å². The van der Waals surface area contributed by atoms with Gasteiger partial charge in [-0.1, -0.05) is 32.0 Å². The summed E-state index contributed by atoms with van der Waals surface area (Å²) in [6.07, 6.45) is 5.55. The first-order valence-electron chi connectivity index (χ1n) is 7.52. The number of carbonyl (C=O) groups is 1. The average molecular weight is 328 g/mol. The molecule has 0 spiro atoms. The second kappa shape index (κ2) is 8.29. The van der Waals surface area contributed by atoms with Crippen LogP contribution in [0.15, 0.2) is 53.2 Å². The SMILES string of the molecule is CCC(C)c1ccccc1NC(=S)NC(=O)C=Cc1ccco1. The Kier molecular flexibility index (Phi) is 6.11. The fourth-order valence-corrected chi connectivity index (χ4v) is 2.32. The molecule has 0 saturated heterocycles. The van der Waals surface area contributed by atoms with Crippen LogP contribution in [-0.2, 0) is 4.79 Å². The van der Waals surface area contributed by atoms with E-state index in [0.29, 0.717) is 11.7 Å². The molecule has 1 amide bonds. The molecule has 0 aliphatic rings. The molecule has 1 unspecified atom stereocenters. The molecule has 0 bridgehead atoms. The minimum absolute atomic E-state index is 0.273. The quantitative estimate of drug-likeness (QED) is 0.634. The van der Waals surface area contributed by atoms with Gasteiger partial charge in [-0.3, -0.25) is 10.1 Å². The maximum Gasteiger partial charge on any atom is 0.250 e. The Morgan fingerprint density at radius 2 is 2.09 bits per heavy atom. The molecule has 23 heavy (non-hydrogen) atoms. The molecule has 2 aromatic rings. The first-order valence-corrected chi connectivity index (χ1v) is 7.93. The smallest absolute Gasteiger partial charge is 0.250 e. The van der Waals surface area contributed by atoms with Gasteiger partial charge >= 0.3 is 0 Å². The zero-order chi connectivity index (χ0) is 16.7. The topological polar surface area (TPSA) is 54.3 Å². The van der Waals surface area contributed by atoms with Gasteiger partial charge in [0.15, 0.2) is 5.11 Å². The molecule has 2 N–H and O–H groups in total. The number of benzene rings is 1. The Hall–Kier alpha value is -2.40. The number of hydrogen-bond donors (Lipinski definition) is 2. The van der Waals surface area contributed by atoms with E-state index in [0.717, 1.165) is 12.1 Å². The molecule has 0 aliphatic heterocycles. The molecule has 5 heteroatoms. The highest BCUT2D eigenvalue weighted by molar-refractivity contribution is 7.80. The van der Waals surface area contributed by atoms with Crippen LogP contribution in [0.2, 0.25) is 0 Å². The summed E-state index contributed by atoms with van der Waals surface area (Å²) in [4.78, 5) is 11.8. The molecule has 0 saturated carbocycles. The lowest BCUT2D eigenvalue weighted by Crippen LogP contribution is -2.33. The lowest BCUT2D eigenvalue weighted by Gasteiger charge is -2.16. The van der Waals surface area contributed by atoms with E-state index >= 15 is 0 Å². The maximum atomic E-state index is 11.8. The molecule has 0 fully saturated rings. The van der Waals surface area contributed by atoms with Crippen LogP contribution >= 0.6 is 12.2 Å². The zero-order valence-corrected chi connectivity index (χ0v) is 14.0. The maximum absolute atomic E-state index is 11.8. The number of thiocarbonyl (C=S) groups is 1. The molecule has 2 rings (SSSR count). The van der Waals surface area contributed by atoms with Gasteiger partial charge in [-0.05, 0) is 54.4 Å². The summed E-state index contributed by atoms with van der Waals surface area (Å²) in [5.41, 5.74) is 2.10. The summed E-state index contributed by atoms with van der Waals surface area (Å²) < 4.78 is 5.12. The number of carbonyl (C=O) groups excluding carboxylic acids is 1. The number of para-hydroxylation sites is 1. The Morgan fingerprint density at radius 3 is 2.78 bits per heavy atom. The van der Waals surface area contributed by atoms with Gasteiger partial charge in [0, 0.05) is 11.8 Å². The van der Waals surface area contributed by atoms with Crippen LogP contribution in [0, 0.1) is 0 Å². The van der Waals surface area contributed by atoms with Gasteiger partial charge in [-0.2, -0.15) is 0 Å². The van der Waals surface area contributed by atoms with Crippen molar-refractivity contribution in [2.45, 2.75) is 26.2 Å². The molecular formula is C18H20N2O2S. The van der Waals surface area contributed by atoms with E-state index in [9.17, 15) is 4.79 Å². The molecule has 0 aliphatic carbocycles. The normalized spacial score (nSPS) is 12.1. The summed E-state index contributed by atoms with van der Waals surface area (Å²) in [6.45, 7) is 4.30. The summed E-state index contributed by atoms with van der Waals surface area (Å²) in [5, 5.41) is 5.99. The van der Waals surface area contributed by atoms with Crippen LogP contribution in [0.1, 0.15) is 37.5 Å². The van der Waals surface area contributed by atoms with Crippen LogP contribution in [-0.4, -0.2) is 11.0 Å². The predicted molar refractivity (Wildman–Crippen MR) is 97.3 cm³/mol. The van der Waals surface area contributed by atoms with Gasteiger partial charge in [0.1, 0.15) is 5.76 Å². The van der Waals surface area contributed by atoms with Gasteiger partial charge in [0.2, 0.25) is 5.91 Å². The number of anilines is 1. The average Bonchev–Trinajstić information content (AvgIpc) is 3.06. The number of hydrogen-bond acceptors (Lipinski definition) is 3.